The largest absolute Gasteiger partial charge is 0.283 e. The average Bonchev–Trinajstić information content (AvgIpc) is 2.19. The van der Waals surface area contributed by atoms with E-state index in [9.17, 15) is 14.5 Å². The van der Waals surface area contributed by atoms with Gasteiger partial charge in [-0.1, -0.05) is 0 Å². The van der Waals surface area contributed by atoms with Crippen LogP contribution in [0.4, 0.5) is 10.1 Å². The molecule has 0 unspecified atom stereocenters. The van der Waals surface area contributed by atoms with Crippen LogP contribution >= 0.6 is 0 Å². The third-order valence-corrected chi connectivity index (χ3v) is 2.29. The van der Waals surface area contributed by atoms with E-state index in [1.165, 1.54) is 31.5 Å². The summed E-state index contributed by atoms with van der Waals surface area (Å²) in [6, 6.07) is 2.77. The molecule has 0 N–H and O–H groups in total. The molecule has 4 nitrogen and oxygen atoms in total. The molecule has 0 amide bonds. The number of rotatable bonds is 1. The van der Waals surface area contributed by atoms with Crippen LogP contribution in [0.1, 0.15) is 5.56 Å². The average molecular weight is 206 g/mol. The molecule has 0 aliphatic carbocycles. The second-order valence-electron chi connectivity index (χ2n) is 3.19. The molecule has 2 rings (SSSR count). The van der Waals surface area contributed by atoms with E-state index in [0.717, 1.165) is 0 Å². The summed E-state index contributed by atoms with van der Waals surface area (Å²) in [6.45, 7) is 1.40. The molecule has 0 aliphatic rings. The van der Waals surface area contributed by atoms with Gasteiger partial charge in [-0.2, -0.15) is 0 Å². The van der Waals surface area contributed by atoms with E-state index in [1.54, 1.807) is 0 Å². The van der Waals surface area contributed by atoms with Crippen LogP contribution in [0, 0.1) is 22.9 Å². The van der Waals surface area contributed by atoms with E-state index < -0.39 is 10.7 Å². The Hall–Kier alpha value is -2.04. The Morgan fingerprint density at radius 1 is 1.53 bits per heavy atom. The van der Waals surface area contributed by atoms with Gasteiger partial charge in [0.1, 0.15) is 5.82 Å². The van der Waals surface area contributed by atoms with Crippen LogP contribution in [0.15, 0.2) is 24.5 Å². The number of hydrogen-bond acceptors (Lipinski definition) is 3. The quantitative estimate of drug-likeness (QED) is 0.532. The van der Waals surface area contributed by atoms with Crippen LogP contribution in [0.3, 0.4) is 0 Å². The SMILES string of the molecule is Cc1c(F)cc2cnccc2c1[N+](=O)[O-]. The molecule has 0 saturated carbocycles. The second kappa shape index (κ2) is 3.27. The molecular weight excluding hydrogens is 199 g/mol. The van der Waals surface area contributed by atoms with Gasteiger partial charge in [0, 0.05) is 17.8 Å². The maximum atomic E-state index is 13.3. The highest BCUT2D eigenvalue weighted by Crippen LogP contribution is 2.30. The maximum Gasteiger partial charge on any atom is 0.283 e. The Morgan fingerprint density at radius 2 is 2.27 bits per heavy atom. The first-order chi connectivity index (χ1) is 7.11. The van der Waals surface area contributed by atoms with Crippen LogP contribution < -0.4 is 0 Å². The molecule has 0 radical (unpaired) electrons. The number of fused-ring (bicyclic) bond motifs is 1. The van der Waals surface area contributed by atoms with E-state index in [1.807, 2.05) is 0 Å². The zero-order valence-electron chi connectivity index (χ0n) is 7.90. The van der Waals surface area contributed by atoms with Crippen molar-refractivity contribution in [2.45, 2.75) is 6.92 Å². The third kappa shape index (κ3) is 1.41. The normalized spacial score (nSPS) is 10.5. The van der Waals surface area contributed by atoms with E-state index in [-0.39, 0.29) is 11.3 Å². The topological polar surface area (TPSA) is 56.0 Å². The fourth-order valence-corrected chi connectivity index (χ4v) is 1.53. The molecule has 0 aliphatic heterocycles. The molecule has 0 spiro atoms. The Kier molecular flexibility index (Phi) is 2.07. The van der Waals surface area contributed by atoms with Gasteiger partial charge in [-0.25, -0.2) is 4.39 Å². The molecule has 0 fully saturated rings. The van der Waals surface area contributed by atoms with Crippen LogP contribution in [-0.4, -0.2) is 9.91 Å². The molecule has 5 heteroatoms. The zero-order valence-corrected chi connectivity index (χ0v) is 7.90. The summed E-state index contributed by atoms with van der Waals surface area (Å²) in [5, 5.41) is 11.7. The zero-order chi connectivity index (χ0) is 11.0. The van der Waals surface area contributed by atoms with Gasteiger partial charge in [0.15, 0.2) is 0 Å². The van der Waals surface area contributed by atoms with Gasteiger partial charge in [0.05, 0.1) is 15.9 Å². The minimum atomic E-state index is -0.581. The van der Waals surface area contributed by atoms with E-state index >= 15 is 0 Å². The third-order valence-electron chi connectivity index (χ3n) is 2.29. The van der Waals surface area contributed by atoms with Gasteiger partial charge < -0.3 is 0 Å². The molecule has 1 heterocycles. The molecule has 0 atom stereocenters. The highest BCUT2D eigenvalue weighted by molar-refractivity contribution is 5.91. The lowest BCUT2D eigenvalue weighted by atomic mass is 10.1. The van der Waals surface area contributed by atoms with Gasteiger partial charge in [0.25, 0.3) is 5.69 Å². The summed E-state index contributed by atoms with van der Waals surface area (Å²) in [6.07, 6.45) is 2.86. The number of aromatic nitrogens is 1. The molecule has 0 saturated heterocycles. The van der Waals surface area contributed by atoms with Gasteiger partial charge >= 0.3 is 0 Å². The van der Waals surface area contributed by atoms with Crippen molar-refractivity contribution in [3.05, 3.63) is 46.0 Å². The Bertz CT molecular complexity index is 554. The molecule has 1 aromatic heterocycles. The lowest BCUT2D eigenvalue weighted by molar-refractivity contribution is -0.383. The van der Waals surface area contributed by atoms with Gasteiger partial charge in [-0.05, 0) is 19.1 Å². The number of benzene rings is 1. The first-order valence-electron chi connectivity index (χ1n) is 4.28. The first kappa shape index (κ1) is 9.51. The number of hydrogen-bond donors (Lipinski definition) is 0. The predicted octanol–water partition coefficient (Wildman–Crippen LogP) is 2.59. The van der Waals surface area contributed by atoms with E-state index in [2.05, 4.69) is 4.98 Å². The fraction of sp³-hybridized carbons (Fsp3) is 0.100. The molecular formula is C10H7FN2O2. The smallest absolute Gasteiger partial charge is 0.264 e. The van der Waals surface area contributed by atoms with Crippen molar-refractivity contribution in [2.24, 2.45) is 0 Å². The van der Waals surface area contributed by atoms with Gasteiger partial charge in [0.2, 0.25) is 0 Å². The number of halogens is 1. The maximum absolute atomic E-state index is 13.3. The summed E-state index contributed by atoms with van der Waals surface area (Å²) >= 11 is 0. The predicted molar refractivity (Wildman–Crippen MR) is 53.1 cm³/mol. The van der Waals surface area contributed by atoms with Crippen LogP contribution in [-0.2, 0) is 0 Å². The van der Waals surface area contributed by atoms with Crippen LogP contribution in [0.25, 0.3) is 10.8 Å². The Labute approximate surface area is 84.5 Å². The minimum absolute atomic E-state index is 0.0544. The van der Waals surface area contributed by atoms with Crippen molar-refractivity contribution in [3.63, 3.8) is 0 Å². The lowest BCUT2D eigenvalue weighted by Gasteiger charge is -2.03. The molecule has 15 heavy (non-hydrogen) atoms. The summed E-state index contributed by atoms with van der Waals surface area (Å²) in [4.78, 5) is 14.0. The van der Waals surface area contributed by atoms with Crippen molar-refractivity contribution < 1.29 is 9.31 Å². The minimum Gasteiger partial charge on any atom is -0.264 e. The summed E-state index contributed by atoms with van der Waals surface area (Å²) in [5.74, 6) is -0.581. The van der Waals surface area contributed by atoms with Crippen molar-refractivity contribution in [1.82, 2.24) is 4.98 Å². The van der Waals surface area contributed by atoms with E-state index in [0.29, 0.717) is 10.8 Å². The van der Waals surface area contributed by atoms with E-state index in [4.69, 9.17) is 0 Å². The Balaban J connectivity index is 2.95. The van der Waals surface area contributed by atoms with Gasteiger partial charge in [-0.3, -0.25) is 15.1 Å². The summed E-state index contributed by atoms with van der Waals surface area (Å²) < 4.78 is 13.3. The first-order valence-corrected chi connectivity index (χ1v) is 4.28. The number of nitrogens with zero attached hydrogens (tertiary/aromatic N) is 2. The monoisotopic (exact) mass is 206 g/mol. The highest BCUT2D eigenvalue weighted by Gasteiger charge is 2.19. The number of pyridine rings is 1. The lowest BCUT2D eigenvalue weighted by Crippen LogP contribution is -1.96. The number of nitro benzene ring substituents is 1. The molecule has 1 aromatic carbocycles. The van der Waals surface area contributed by atoms with Crippen molar-refractivity contribution in [1.29, 1.82) is 0 Å². The second-order valence-corrected chi connectivity index (χ2v) is 3.19. The van der Waals surface area contributed by atoms with Crippen LogP contribution in [0.5, 0.6) is 0 Å². The Morgan fingerprint density at radius 3 is 2.93 bits per heavy atom. The van der Waals surface area contributed by atoms with Gasteiger partial charge in [-0.15, -0.1) is 0 Å². The van der Waals surface area contributed by atoms with Crippen molar-refractivity contribution >= 4 is 16.5 Å². The fourth-order valence-electron chi connectivity index (χ4n) is 1.53. The van der Waals surface area contributed by atoms with Crippen molar-refractivity contribution in [2.75, 3.05) is 0 Å². The molecule has 76 valence electrons. The summed E-state index contributed by atoms with van der Waals surface area (Å²) in [5.41, 5.74) is -0.133. The van der Waals surface area contributed by atoms with Crippen molar-refractivity contribution in [3.8, 4) is 0 Å². The molecule has 0 bridgehead atoms. The standard InChI is InChI=1S/C10H7FN2O2/c1-6-9(11)4-7-5-12-3-2-8(7)10(6)13(14)15/h2-5H,1H3. The summed E-state index contributed by atoms with van der Waals surface area (Å²) in [7, 11) is 0. The number of nitro groups is 1. The van der Waals surface area contributed by atoms with Crippen LogP contribution in [0.2, 0.25) is 0 Å². The molecule has 2 aromatic rings. The highest BCUT2D eigenvalue weighted by atomic mass is 19.1.